The minimum atomic E-state index is 0.0992. The van der Waals surface area contributed by atoms with E-state index in [1.54, 1.807) is 6.20 Å². The first-order chi connectivity index (χ1) is 15.2. The lowest BCUT2D eigenvalue weighted by molar-refractivity contribution is 0.0664. The number of hydrogen-bond donors (Lipinski definition) is 2. The third-order valence-corrected chi connectivity index (χ3v) is 5.79. The van der Waals surface area contributed by atoms with Crippen LogP contribution >= 0.6 is 0 Å². The van der Waals surface area contributed by atoms with Gasteiger partial charge < -0.3 is 20.1 Å². The summed E-state index contributed by atoms with van der Waals surface area (Å²) in [6, 6.07) is 20.1. The fraction of sp³-hybridized carbons (Fsp3) is 0.200. The Morgan fingerprint density at radius 1 is 0.935 bits per heavy atom. The number of aromatic nitrogens is 2. The van der Waals surface area contributed by atoms with Crippen molar-refractivity contribution < 1.29 is 4.79 Å². The van der Waals surface area contributed by atoms with E-state index in [0.717, 1.165) is 59.9 Å². The number of hydrogen-bond acceptors (Lipinski definition) is 4. The van der Waals surface area contributed by atoms with Crippen molar-refractivity contribution in [2.24, 2.45) is 0 Å². The molecule has 1 fully saturated rings. The Morgan fingerprint density at radius 2 is 1.71 bits per heavy atom. The van der Waals surface area contributed by atoms with E-state index in [4.69, 9.17) is 0 Å². The van der Waals surface area contributed by atoms with Crippen molar-refractivity contribution in [3.8, 4) is 11.3 Å². The third kappa shape index (κ3) is 4.15. The van der Waals surface area contributed by atoms with Crippen molar-refractivity contribution in [3.63, 3.8) is 0 Å². The quantitative estimate of drug-likeness (QED) is 0.524. The third-order valence-electron chi connectivity index (χ3n) is 5.79. The maximum absolute atomic E-state index is 12.7. The molecule has 4 aromatic rings. The number of pyridine rings is 1. The van der Waals surface area contributed by atoms with Gasteiger partial charge in [-0.2, -0.15) is 0 Å². The largest absolute Gasteiger partial charge is 0.354 e. The average Bonchev–Trinajstić information content (AvgIpc) is 3.24. The molecule has 2 N–H and O–H groups in total. The SMILES string of the molecule is CN1CCN(C(=O)c2ccc(Nc3cncc(-c4cc5ccccc5[nH]4)c3)cc2)CC1. The molecule has 0 saturated carbocycles. The van der Waals surface area contributed by atoms with Gasteiger partial charge in [0.05, 0.1) is 11.9 Å². The molecule has 1 saturated heterocycles. The number of aromatic amines is 1. The van der Waals surface area contributed by atoms with Crippen molar-refractivity contribution in [2.45, 2.75) is 0 Å². The molecule has 156 valence electrons. The lowest BCUT2D eigenvalue weighted by Crippen LogP contribution is -2.47. The number of H-pyrrole nitrogens is 1. The molecule has 0 aliphatic carbocycles. The van der Waals surface area contributed by atoms with Crippen molar-refractivity contribution in [1.82, 2.24) is 19.8 Å². The second-order valence-corrected chi connectivity index (χ2v) is 8.03. The molecule has 1 aliphatic rings. The van der Waals surface area contributed by atoms with Gasteiger partial charge in [0.1, 0.15) is 0 Å². The Hall–Kier alpha value is -3.64. The predicted octanol–water partition coefficient (Wildman–Crippen LogP) is 4.36. The zero-order chi connectivity index (χ0) is 21.2. The van der Waals surface area contributed by atoms with Crippen LogP contribution in [0.2, 0.25) is 0 Å². The van der Waals surface area contributed by atoms with Crippen LogP contribution in [0.3, 0.4) is 0 Å². The van der Waals surface area contributed by atoms with Gasteiger partial charge in [-0.3, -0.25) is 9.78 Å². The Morgan fingerprint density at radius 3 is 2.48 bits per heavy atom. The van der Waals surface area contributed by atoms with Gasteiger partial charge in [-0.05, 0) is 49.5 Å². The smallest absolute Gasteiger partial charge is 0.253 e. The standard InChI is InChI=1S/C25H25N5O/c1-29-10-12-30(13-11-29)25(31)18-6-8-21(9-7-18)27-22-14-20(16-26-17-22)24-15-19-4-2-3-5-23(19)28-24/h2-9,14-17,27-28H,10-13H2,1H3. The molecule has 6 nitrogen and oxygen atoms in total. The molecule has 2 aromatic carbocycles. The Balaban J connectivity index is 1.30. The molecular weight excluding hydrogens is 386 g/mol. The molecule has 0 bridgehead atoms. The topological polar surface area (TPSA) is 64.3 Å². The van der Waals surface area contributed by atoms with E-state index in [1.165, 1.54) is 5.39 Å². The number of benzene rings is 2. The van der Waals surface area contributed by atoms with Crippen LogP contribution in [0.25, 0.3) is 22.2 Å². The summed E-state index contributed by atoms with van der Waals surface area (Å²) in [5, 5.41) is 4.57. The molecule has 0 atom stereocenters. The first-order valence-electron chi connectivity index (χ1n) is 10.5. The number of rotatable bonds is 4. The maximum atomic E-state index is 12.7. The highest BCUT2D eigenvalue weighted by Gasteiger charge is 2.20. The van der Waals surface area contributed by atoms with E-state index < -0.39 is 0 Å². The molecule has 5 rings (SSSR count). The highest BCUT2D eigenvalue weighted by molar-refractivity contribution is 5.94. The van der Waals surface area contributed by atoms with Gasteiger partial charge in [0.25, 0.3) is 5.91 Å². The Bertz CT molecular complexity index is 1170. The van der Waals surface area contributed by atoms with Gasteiger partial charge in [-0.25, -0.2) is 0 Å². The fourth-order valence-corrected chi connectivity index (χ4v) is 3.94. The van der Waals surface area contributed by atoms with Gasteiger partial charge in [0.15, 0.2) is 0 Å². The molecule has 0 unspecified atom stereocenters. The van der Waals surface area contributed by atoms with Crippen molar-refractivity contribution in [2.75, 3.05) is 38.5 Å². The van der Waals surface area contributed by atoms with Crippen molar-refractivity contribution in [1.29, 1.82) is 0 Å². The Labute approximate surface area is 181 Å². The minimum absolute atomic E-state index is 0.0992. The van der Waals surface area contributed by atoms with Crippen LogP contribution in [0.1, 0.15) is 10.4 Å². The van der Waals surface area contributed by atoms with Gasteiger partial charge in [0, 0.05) is 65.8 Å². The van der Waals surface area contributed by atoms with E-state index in [0.29, 0.717) is 0 Å². The lowest BCUT2D eigenvalue weighted by Gasteiger charge is -2.32. The molecule has 0 radical (unpaired) electrons. The number of carbonyl (C=O) groups excluding carboxylic acids is 1. The zero-order valence-corrected chi connectivity index (χ0v) is 17.5. The first kappa shape index (κ1) is 19.3. The van der Waals surface area contributed by atoms with E-state index in [9.17, 15) is 4.79 Å². The van der Waals surface area contributed by atoms with Gasteiger partial charge in [-0.15, -0.1) is 0 Å². The summed E-state index contributed by atoms with van der Waals surface area (Å²) in [6.07, 6.45) is 3.66. The van der Waals surface area contributed by atoms with Crippen LogP contribution in [0.5, 0.6) is 0 Å². The van der Waals surface area contributed by atoms with Crippen LogP contribution in [-0.4, -0.2) is 58.9 Å². The van der Waals surface area contributed by atoms with Gasteiger partial charge >= 0.3 is 0 Å². The number of para-hydroxylation sites is 1. The van der Waals surface area contributed by atoms with E-state index in [-0.39, 0.29) is 5.91 Å². The second-order valence-electron chi connectivity index (χ2n) is 8.03. The minimum Gasteiger partial charge on any atom is -0.354 e. The number of carbonyl (C=O) groups is 1. The molecule has 1 aliphatic heterocycles. The number of piperazine rings is 1. The summed E-state index contributed by atoms with van der Waals surface area (Å²) in [6.45, 7) is 3.40. The average molecular weight is 412 g/mol. The monoisotopic (exact) mass is 411 g/mol. The van der Waals surface area contributed by atoms with E-state index in [2.05, 4.69) is 51.5 Å². The summed E-state index contributed by atoms with van der Waals surface area (Å²) >= 11 is 0. The molecule has 31 heavy (non-hydrogen) atoms. The van der Waals surface area contributed by atoms with Crippen molar-refractivity contribution >= 4 is 28.2 Å². The molecule has 2 aromatic heterocycles. The van der Waals surface area contributed by atoms with Crippen molar-refractivity contribution in [3.05, 3.63) is 78.6 Å². The second kappa shape index (κ2) is 8.24. The number of amides is 1. The molecule has 0 spiro atoms. The van der Waals surface area contributed by atoms with Crippen LogP contribution in [0, 0.1) is 0 Å². The highest BCUT2D eigenvalue weighted by Crippen LogP contribution is 2.26. The zero-order valence-electron chi connectivity index (χ0n) is 17.5. The van der Waals surface area contributed by atoms with Crippen LogP contribution in [-0.2, 0) is 0 Å². The normalized spacial score (nSPS) is 14.7. The molecular formula is C25H25N5O. The fourth-order valence-electron chi connectivity index (χ4n) is 3.94. The van der Waals surface area contributed by atoms with Gasteiger partial charge in [0.2, 0.25) is 0 Å². The predicted molar refractivity (Wildman–Crippen MR) is 125 cm³/mol. The highest BCUT2D eigenvalue weighted by atomic mass is 16.2. The van der Waals surface area contributed by atoms with Crippen LogP contribution in [0.15, 0.2) is 73.1 Å². The molecule has 1 amide bonds. The van der Waals surface area contributed by atoms with Crippen LogP contribution < -0.4 is 5.32 Å². The number of likely N-dealkylation sites (N-methyl/N-ethyl adjacent to an activating group) is 1. The first-order valence-corrected chi connectivity index (χ1v) is 10.5. The number of anilines is 2. The Kier molecular flexibility index (Phi) is 5.14. The van der Waals surface area contributed by atoms with Gasteiger partial charge in [-0.1, -0.05) is 18.2 Å². The summed E-state index contributed by atoms with van der Waals surface area (Å²) in [5.74, 6) is 0.0992. The van der Waals surface area contributed by atoms with E-state index >= 15 is 0 Å². The maximum Gasteiger partial charge on any atom is 0.253 e. The summed E-state index contributed by atoms with van der Waals surface area (Å²) < 4.78 is 0. The summed E-state index contributed by atoms with van der Waals surface area (Å²) in [7, 11) is 2.09. The number of fused-ring (bicyclic) bond motifs is 1. The van der Waals surface area contributed by atoms with E-state index in [1.807, 2.05) is 47.5 Å². The summed E-state index contributed by atoms with van der Waals surface area (Å²) in [5.41, 5.74) is 5.70. The molecule has 6 heteroatoms. The lowest BCUT2D eigenvalue weighted by atomic mass is 10.1. The molecule has 3 heterocycles. The number of nitrogens with zero attached hydrogens (tertiary/aromatic N) is 3. The number of nitrogens with one attached hydrogen (secondary N) is 2. The van der Waals surface area contributed by atoms with Crippen LogP contribution in [0.4, 0.5) is 11.4 Å². The summed E-state index contributed by atoms with van der Waals surface area (Å²) in [4.78, 5) is 24.7.